The SMILES string of the molecule is CC(C)n1c(-c2ccc(N3CCN(C)CC3)cc2)nc2c(NC3CCN(Cc4ccccc4)CC3)ncnc21. The van der Waals surface area contributed by atoms with Crippen molar-refractivity contribution in [1.29, 1.82) is 0 Å². The van der Waals surface area contributed by atoms with E-state index in [1.807, 2.05) is 0 Å². The third-order valence-corrected chi connectivity index (χ3v) is 8.16. The maximum absolute atomic E-state index is 5.14. The minimum Gasteiger partial charge on any atom is -0.369 e. The summed E-state index contributed by atoms with van der Waals surface area (Å²) >= 11 is 0. The van der Waals surface area contributed by atoms with Crippen molar-refractivity contribution < 1.29 is 0 Å². The summed E-state index contributed by atoms with van der Waals surface area (Å²) < 4.78 is 2.25. The molecule has 0 saturated carbocycles. The molecule has 204 valence electrons. The van der Waals surface area contributed by atoms with Crippen LogP contribution >= 0.6 is 0 Å². The van der Waals surface area contributed by atoms with Gasteiger partial charge in [-0.1, -0.05) is 30.3 Å². The first-order chi connectivity index (χ1) is 19.0. The molecule has 4 heterocycles. The van der Waals surface area contributed by atoms with Gasteiger partial charge in [-0.05, 0) is 63.6 Å². The highest BCUT2D eigenvalue weighted by atomic mass is 15.2. The van der Waals surface area contributed by atoms with E-state index in [9.17, 15) is 0 Å². The quantitative estimate of drug-likeness (QED) is 0.369. The first kappa shape index (κ1) is 25.8. The third-order valence-electron chi connectivity index (χ3n) is 8.16. The highest BCUT2D eigenvalue weighted by molar-refractivity contribution is 5.86. The van der Waals surface area contributed by atoms with Crippen LogP contribution in [0.25, 0.3) is 22.6 Å². The number of piperidine rings is 1. The monoisotopic (exact) mass is 524 g/mol. The van der Waals surface area contributed by atoms with E-state index in [0.717, 1.165) is 87.0 Å². The van der Waals surface area contributed by atoms with E-state index in [4.69, 9.17) is 4.98 Å². The minimum atomic E-state index is 0.228. The van der Waals surface area contributed by atoms with Gasteiger partial charge in [-0.3, -0.25) is 4.90 Å². The van der Waals surface area contributed by atoms with E-state index in [2.05, 4.69) is 110 Å². The van der Waals surface area contributed by atoms with Gasteiger partial charge >= 0.3 is 0 Å². The summed E-state index contributed by atoms with van der Waals surface area (Å²) in [4.78, 5) is 21.9. The molecular formula is C31H40N8. The van der Waals surface area contributed by atoms with Gasteiger partial charge in [0.15, 0.2) is 17.0 Å². The predicted molar refractivity (Wildman–Crippen MR) is 159 cm³/mol. The molecule has 0 amide bonds. The normalized spacial score (nSPS) is 17.8. The van der Waals surface area contributed by atoms with Crippen LogP contribution in [0.15, 0.2) is 60.9 Å². The fraction of sp³-hybridized carbons (Fsp3) is 0.452. The number of rotatable bonds is 7. The van der Waals surface area contributed by atoms with Crippen LogP contribution in [0.5, 0.6) is 0 Å². The standard InChI is InChI=1S/C31H40N8/c1-23(2)39-30(25-9-11-27(12-10-25)38-19-17-36(3)18-20-38)35-28-29(32-22-33-31(28)39)34-26-13-15-37(16-14-26)21-24-7-5-4-6-8-24/h4-12,22-23,26H,13-21H2,1-3H3,(H,32,33,34). The lowest BCUT2D eigenvalue weighted by atomic mass is 10.0. The van der Waals surface area contributed by atoms with Gasteiger partial charge in [0.25, 0.3) is 0 Å². The number of hydrogen-bond donors (Lipinski definition) is 1. The van der Waals surface area contributed by atoms with Gasteiger partial charge in [-0.25, -0.2) is 15.0 Å². The zero-order valence-corrected chi connectivity index (χ0v) is 23.4. The molecule has 0 unspecified atom stereocenters. The van der Waals surface area contributed by atoms with Crippen LogP contribution in [0.2, 0.25) is 0 Å². The van der Waals surface area contributed by atoms with Crippen molar-refractivity contribution in [1.82, 2.24) is 29.3 Å². The maximum Gasteiger partial charge on any atom is 0.166 e. The van der Waals surface area contributed by atoms with Gasteiger partial charge in [0.1, 0.15) is 12.2 Å². The molecular weight excluding hydrogens is 484 g/mol. The molecule has 4 aromatic rings. The fourth-order valence-corrected chi connectivity index (χ4v) is 5.86. The second kappa shape index (κ2) is 11.3. The lowest BCUT2D eigenvalue weighted by molar-refractivity contribution is 0.211. The van der Waals surface area contributed by atoms with Crippen molar-refractivity contribution in [2.45, 2.75) is 45.3 Å². The van der Waals surface area contributed by atoms with E-state index in [1.54, 1.807) is 6.33 Å². The van der Waals surface area contributed by atoms with E-state index < -0.39 is 0 Å². The van der Waals surface area contributed by atoms with Crippen molar-refractivity contribution in [2.75, 3.05) is 56.5 Å². The summed E-state index contributed by atoms with van der Waals surface area (Å²) in [7, 11) is 2.19. The van der Waals surface area contributed by atoms with Crippen LogP contribution in [0.4, 0.5) is 11.5 Å². The van der Waals surface area contributed by atoms with Gasteiger partial charge in [0.2, 0.25) is 0 Å². The smallest absolute Gasteiger partial charge is 0.166 e. The van der Waals surface area contributed by atoms with Gasteiger partial charge in [-0.2, -0.15) is 0 Å². The molecule has 1 N–H and O–H groups in total. The molecule has 2 saturated heterocycles. The van der Waals surface area contributed by atoms with Gasteiger partial charge in [0, 0.05) is 69.1 Å². The number of anilines is 2. The zero-order chi connectivity index (χ0) is 26.8. The second-order valence-electron chi connectivity index (χ2n) is 11.3. The van der Waals surface area contributed by atoms with Crippen molar-refractivity contribution in [3.05, 3.63) is 66.5 Å². The van der Waals surface area contributed by atoms with Crippen molar-refractivity contribution in [3.63, 3.8) is 0 Å². The number of nitrogens with one attached hydrogen (secondary N) is 1. The number of benzene rings is 2. The lowest BCUT2D eigenvalue weighted by Gasteiger charge is -2.34. The van der Waals surface area contributed by atoms with Crippen LogP contribution in [-0.2, 0) is 6.54 Å². The Bertz CT molecular complexity index is 1370. The molecule has 2 aliphatic rings. The molecule has 0 aliphatic carbocycles. The van der Waals surface area contributed by atoms with E-state index in [1.165, 1.54) is 11.3 Å². The minimum absolute atomic E-state index is 0.228. The predicted octanol–water partition coefficient (Wildman–Crippen LogP) is 4.90. The Hall–Kier alpha value is -3.49. The summed E-state index contributed by atoms with van der Waals surface area (Å²) in [6, 6.07) is 20.2. The lowest BCUT2D eigenvalue weighted by Crippen LogP contribution is -2.44. The maximum atomic E-state index is 5.14. The molecule has 0 spiro atoms. The number of aromatic nitrogens is 4. The Labute approximate surface area is 231 Å². The Morgan fingerprint density at radius 1 is 0.872 bits per heavy atom. The molecule has 0 bridgehead atoms. The Morgan fingerprint density at radius 3 is 2.28 bits per heavy atom. The third kappa shape index (κ3) is 5.63. The number of imidazole rings is 1. The number of fused-ring (bicyclic) bond motifs is 1. The Morgan fingerprint density at radius 2 is 1.59 bits per heavy atom. The highest BCUT2D eigenvalue weighted by Crippen LogP contribution is 2.32. The highest BCUT2D eigenvalue weighted by Gasteiger charge is 2.24. The fourth-order valence-electron chi connectivity index (χ4n) is 5.86. The molecule has 0 atom stereocenters. The largest absolute Gasteiger partial charge is 0.369 e. The average molecular weight is 525 g/mol. The van der Waals surface area contributed by atoms with E-state index >= 15 is 0 Å². The zero-order valence-electron chi connectivity index (χ0n) is 23.4. The van der Waals surface area contributed by atoms with Crippen molar-refractivity contribution in [3.8, 4) is 11.4 Å². The molecule has 2 aliphatic heterocycles. The molecule has 6 rings (SSSR count). The molecule has 2 aromatic heterocycles. The second-order valence-corrected chi connectivity index (χ2v) is 11.3. The van der Waals surface area contributed by atoms with Crippen LogP contribution in [0.3, 0.4) is 0 Å². The van der Waals surface area contributed by atoms with Crippen LogP contribution in [-0.4, -0.2) is 81.7 Å². The average Bonchev–Trinajstić information content (AvgIpc) is 3.36. The number of piperazine rings is 1. The van der Waals surface area contributed by atoms with E-state index in [0.29, 0.717) is 6.04 Å². The number of likely N-dealkylation sites (tertiary alicyclic amines) is 1. The number of nitrogens with zero attached hydrogens (tertiary/aromatic N) is 7. The molecule has 2 fully saturated rings. The molecule has 8 nitrogen and oxygen atoms in total. The topological polar surface area (TPSA) is 65.3 Å². The Kier molecular flexibility index (Phi) is 7.48. The summed E-state index contributed by atoms with van der Waals surface area (Å²) in [5.41, 5.74) is 5.52. The van der Waals surface area contributed by atoms with Crippen LogP contribution in [0, 0.1) is 0 Å². The van der Waals surface area contributed by atoms with Gasteiger partial charge in [-0.15, -0.1) is 0 Å². The summed E-state index contributed by atoms with van der Waals surface area (Å²) in [6.45, 7) is 11.9. The number of hydrogen-bond acceptors (Lipinski definition) is 7. The number of likely N-dealkylation sites (N-methyl/N-ethyl adjacent to an activating group) is 1. The van der Waals surface area contributed by atoms with Gasteiger partial charge < -0.3 is 19.7 Å². The van der Waals surface area contributed by atoms with Crippen molar-refractivity contribution >= 4 is 22.7 Å². The summed E-state index contributed by atoms with van der Waals surface area (Å²) in [5.74, 6) is 1.79. The summed E-state index contributed by atoms with van der Waals surface area (Å²) in [5, 5.41) is 3.73. The van der Waals surface area contributed by atoms with Crippen molar-refractivity contribution in [2.24, 2.45) is 0 Å². The Balaban J connectivity index is 1.20. The van der Waals surface area contributed by atoms with E-state index in [-0.39, 0.29) is 6.04 Å². The summed E-state index contributed by atoms with van der Waals surface area (Å²) in [6.07, 6.45) is 3.85. The van der Waals surface area contributed by atoms with Crippen LogP contribution < -0.4 is 10.2 Å². The van der Waals surface area contributed by atoms with Gasteiger partial charge in [0.05, 0.1) is 0 Å². The molecule has 2 aromatic carbocycles. The van der Waals surface area contributed by atoms with Crippen LogP contribution in [0.1, 0.15) is 38.3 Å². The molecule has 39 heavy (non-hydrogen) atoms. The first-order valence-corrected chi connectivity index (χ1v) is 14.3. The molecule has 8 heteroatoms. The molecule has 0 radical (unpaired) electrons. The first-order valence-electron chi connectivity index (χ1n) is 14.3.